The molecule has 2 aliphatic rings. The lowest BCUT2D eigenvalue weighted by Gasteiger charge is -2.40. The van der Waals surface area contributed by atoms with Crippen molar-refractivity contribution in [1.82, 2.24) is 10.2 Å². The number of carbonyl (C=O) groups is 3. The Kier molecular flexibility index (Phi) is 4.75. The number of carbonyl (C=O) groups excluding carboxylic acids is 3. The van der Waals surface area contributed by atoms with Crippen molar-refractivity contribution >= 4 is 23.4 Å². The van der Waals surface area contributed by atoms with Crippen molar-refractivity contribution < 1.29 is 14.4 Å². The number of hydrogen-bond acceptors (Lipinski definition) is 3. The summed E-state index contributed by atoms with van der Waals surface area (Å²) in [5.41, 5.74) is 3.49. The molecule has 1 unspecified atom stereocenters. The zero-order chi connectivity index (χ0) is 21.4. The predicted molar refractivity (Wildman–Crippen MR) is 116 cm³/mol. The van der Waals surface area contributed by atoms with Gasteiger partial charge < -0.3 is 10.2 Å². The largest absolute Gasteiger partial charge is 0.352 e. The zero-order valence-electron chi connectivity index (χ0n) is 16.8. The quantitative estimate of drug-likeness (QED) is 0.699. The highest BCUT2D eigenvalue weighted by molar-refractivity contribution is 6.16. The average molecular weight is 411 g/mol. The van der Waals surface area contributed by atoms with E-state index >= 15 is 0 Å². The number of hydrogen-bond donors (Lipinski definition) is 1. The molecule has 31 heavy (non-hydrogen) atoms. The summed E-state index contributed by atoms with van der Waals surface area (Å²) in [5, 5.41) is 2.90. The molecule has 0 radical (unpaired) electrons. The number of fused-ring (bicyclic) bond motifs is 5. The van der Waals surface area contributed by atoms with Crippen LogP contribution in [0.4, 0.5) is 5.69 Å². The molecule has 6 heteroatoms. The van der Waals surface area contributed by atoms with E-state index in [1.54, 1.807) is 34.1 Å². The minimum absolute atomic E-state index is 0.126. The van der Waals surface area contributed by atoms with Gasteiger partial charge in [0.1, 0.15) is 6.17 Å². The molecule has 3 aromatic carbocycles. The zero-order valence-corrected chi connectivity index (χ0v) is 16.8. The molecule has 0 saturated heterocycles. The number of rotatable bonds is 5. The van der Waals surface area contributed by atoms with E-state index in [9.17, 15) is 14.4 Å². The van der Waals surface area contributed by atoms with Gasteiger partial charge in [-0.3, -0.25) is 19.3 Å². The Labute approximate surface area is 180 Å². The third-order valence-corrected chi connectivity index (χ3v) is 5.80. The van der Waals surface area contributed by atoms with Crippen LogP contribution in [0, 0.1) is 0 Å². The van der Waals surface area contributed by atoms with Gasteiger partial charge in [-0.05, 0) is 23.8 Å². The minimum Gasteiger partial charge on any atom is -0.352 e. The van der Waals surface area contributed by atoms with Crippen LogP contribution < -0.4 is 10.2 Å². The maximum Gasteiger partial charge on any atom is 0.260 e. The summed E-state index contributed by atoms with van der Waals surface area (Å²) < 4.78 is 0. The first kappa shape index (κ1) is 19.1. The van der Waals surface area contributed by atoms with Gasteiger partial charge in [-0.15, -0.1) is 0 Å². The van der Waals surface area contributed by atoms with Crippen LogP contribution in [0.3, 0.4) is 0 Å². The van der Waals surface area contributed by atoms with E-state index in [0.29, 0.717) is 23.4 Å². The number of amides is 3. The van der Waals surface area contributed by atoms with Gasteiger partial charge in [0.25, 0.3) is 11.8 Å². The van der Waals surface area contributed by atoms with Crippen LogP contribution in [-0.4, -0.2) is 29.2 Å². The van der Waals surface area contributed by atoms with Crippen LogP contribution in [0.15, 0.2) is 78.9 Å². The molecule has 3 amide bonds. The molecule has 1 atom stereocenters. The van der Waals surface area contributed by atoms with E-state index < -0.39 is 6.17 Å². The molecular formula is C25H21N3O3. The number of nitrogens with zero attached hydrogens (tertiary/aromatic N) is 2. The molecule has 0 aromatic heterocycles. The molecular weight excluding hydrogens is 390 g/mol. The summed E-state index contributed by atoms with van der Waals surface area (Å²) in [7, 11) is 0. The Morgan fingerprint density at radius 1 is 0.806 bits per heavy atom. The molecule has 0 bridgehead atoms. The van der Waals surface area contributed by atoms with Gasteiger partial charge in [-0.2, -0.15) is 0 Å². The Bertz CT molecular complexity index is 1180. The molecule has 0 spiro atoms. The van der Waals surface area contributed by atoms with Crippen molar-refractivity contribution in [2.45, 2.75) is 19.1 Å². The van der Waals surface area contributed by atoms with E-state index in [4.69, 9.17) is 0 Å². The van der Waals surface area contributed by atoms with Gasteiger partial charge in [0.15, 0.2) is 0 Å². The smallest absolute Gasteiger partial charge is 0.260 e. The topological polar surface area (TPSA) is 69.7 Å². The van der Waals surface area contributed by atoms with E-state index in [1.807, 2.05) is 54.6 Å². The first-order valence-corrected chi connectivity index (χ1v) is 10.3. The SMILES string of the molecule is O=C(CCN1C(=O)c2ccccc2N2C(=O)c3ccccc3C12)NCc1ccccc1. The highest BCUT2D eigenvalue weighted by Crippen LogP contribution is 2.45. The van der Waals surface area contributed by atoms with Crippen LogP contribution >= 0.6 is 0 Å². The first-order chi connectivity index (χ1) is 15.1. The molecule has 5 rings (SSSR count). The molecule has 1 N–H and O–H groups in total. The molecule has 2 heterocycles. The standard InChI is InChI=1S/C25H21N3O3/c29-22(26-16-17-8-2-1-3-9-17)14-15-27-23-18-10-4-5-11-19(18)25(31)28(23)21-13-7-6-12-20(21)24(27)30/h1-13,23H,14-16H2,(H,26,29). The third kappa shape index (κ3) is 3.26. The Balaban J connectivity index is 1.39. The summed E-state index contributed by atoms with van der Waals surface area (Å²) in [6, 6.07) is 24.2. The monoisotopic (exact) mass is 411 g/mol. The summed E-state index contributed by atoms with van der Waals surface area (Å²) in [6.45, 7) is 0.657. The highest BCUT2D eigenvalue weighted by Gasteiger charge is 2.47. The molecule has 0 aliphatic carbocycles. The Morgan fingerprint density at radius 2 is 1.48 bits per heavy atom. The van der Waals surface area contributed by atoms with Crippen molar-refractivity contribution in [1.29, 1.82) is 0 Å². The number of anilines is 1. The van der Waals surface area contributed by atoms with E-state index in [-0.39, 0.29) is 30.7 Å². The molecule has 6 nitrogen and oxygen atoms in total. The average Bonchev–Trinajstić information content (AvgIpc) is 3.11. The number of benzene rings is 3. The Morgan fingerprint density at radius 3 is 2.29 bits per heavy atom. The van der Waals surface area contributed by atoms with Crippen molar-refractivity contribution in [3.05, 3.63) is 101 Å². The summed E-state index contributed by atoms with van der Waals surface area (Å²) in [6.07, 6.45) is -0.380. The van der Waals surface area contributed by atoms with Crippen LogP contribution in [-0.2, 0) is 11.3 Å². The molecule has 3 aromatic rings. The normalized spacial score (nSPS) is 16.6. The van der Waals surface area contributed by atoms with Crippen molar-refractivity contribution in [3.63, 3.8) is 0 Å². The molecule has 0 saturated carbocycles. The number of para-hydroxylation sites is 1. The highest BCUT2D eigenvalue weighted by atomic mass is 16.2. The fourth-order valence-corrected chi connectivity index (χ4v) is 4.31. The summed E-state index contributed by atoms with van der Waals surface area (Å²) in [4.78, 5) is 42.3. The van der Waals surface area contributed by atoms with Gasteiger partial charge in [-0.1, -0.05) is 60.7 Å². The van der Waals surface area contributed by atoms with Crippen LogP contribution in [0.5, 0.6) is 0 Å². The predicted octanol–water partition coefficient (Wildman–Crippen LogP) is 3.51. The fourth-order valence-electron chi connectivity index (χ4n) is 4.31. The Hall–Kier alpha value is -3.93. The lowest BCUT2D eigenvalue weighted by Crippen LogP contribution is -2.49. The van der Waals surface area contributed by atoms with Gasteiger partial charge in [0.05, 0.1) is 11.3 Å². The van der Waals surface area contributed by atoms with E-state index in [1.165, 1.54) is 0 Å². The fraction of sp³-hybridized carbons (Fsp3) is 0.160. The van der Waals surface area contributed by atoms with Gasteiger partial charge >= 0.3 is 0 Å². The third-order valence-electron chi connectivity index (χ3n) is 5.80. The second-order valence-electron chi connectivity index (χ2n) is 7.66. The van der Waals surface area contributed by atoms with E-state index in [2.05, 4.69) is 5.32 Å². The van der Waals surface area contributed by atoms with Gasteiger partial charge in [0, 0.05) is 30.6 Å². The van der Waals surface area contributed by atoms with Crippen molar-refractivity contribution in [2.24, 2.45) is 0 Å². The maximum absolute atomic E-state index is 13.3. The second-order valence-corrected chi connectivity index (χ2v) is 7.66. The van der Waals surface area contributed by atoms with Crippen LogP contribution in [0.2, 0.25) is 0 Å². The van der Waals surface area contributed by atoms with Crippen molar-refractivity contribution in [3.8, 4) is 0 Å². The van der Waals surface area contributed by atoms with Crippen molar-refractivity contribution in [2.75, 3.05) is 11.4 Å². The van der Waals surface area contributed by atoms with E-state index in [0.717, 1.165) is 11.1 Å². The molecule has 154 valence electrons. The van der Waals surface area contributed by atoms with Crippen LogP contribution in [0.1, 0.15) is 44.4 Å². The summed E-state index contributed by atoms with van der Waals surface area (Å²) >= 11 is 0. The number of nitrogens with one attached hydrogen (secondary N) is 1. The minimum atomic E-state index is -0.534. The first-order valence-electron chi connectivity index (χ1n) is 10.3. The molecule has 0 fully saturated rings. The second kappa shape index (κ2) is 7.72. The molecule has 2 aliphatic heterocycles. The maximum atomic E-state index is 13.3. The lowest BCUT2D eigenvalue weighted by atomic mass is 10.0. The lowest BCUT2D eigenvalue weighted by molar-refractivity contribution is -0.121. The van der Waals surface area contributed by atoms with Gasteiger partial charge in [-0.25, -0.2) is 0 Å². The summed E-state index contributed by atoms with van der Waals surface area (Å²) in [5.74, 6) is -0.434. The van der Waals surface area contributed by atoms with Gasteiger partial charge in [0.2, 0.25) is 5.91 Å². The van der Waals surface area contributed by atoms with Crippen LogP contribution in [0.25, 0.3) is 0 Å².